The van der Waals surface area contributed by atoms with Crippen molar-refractivity contribution in [2.24, 2.45) is 0 Å². The Labute approximate surface area is 112 Å². The molecule has 7 nitrogen and oxygen atoms in total. The largest absolute Gasteiger partial charge is 0.323 e. The maximum atomic E-state index is 12.1. The molecule has 0 spiro atoms. The van der Waals surface area contributed by atoms with E-state index in [1.807, 2.05) is 0 Å². The van der Waals surface area contributed by atoms with E-state index in [1.165, 1.54) is 0 Å². The highest BCUT2D eigenvalue weighted by Crippen LogP contribution is 2.28. The van der Waals surface area contributed by atoms with Crippen molar-refractivity contribution in [1.82, 2.24) is 20.6 Å². The van der Waals surface area contributed by atoms with Crippen LogP contribution in [0.4, 0.5) is 4.79 Å². The Hall–Kier alpha value is -1.34. The van der Waals surface area contributed by atoms with Gasteiger partial charge in [0.15, 0.2) is 0 Å². The monoisotopic (exact) mass is 268 g/mol. The van der Waals surface area contributed by atoms with Gasteiger partial charge in [-0.05, 0) is 25.8 Å². The van der Waals surface area contributed by atoms with E-state index in [-0.39, 0.29) is 24.0 Å². The molecule has 2 bridgehead atoms. The van der Waals surface area contributed by atoms with Crippen molar-refractivity contribution in [2.75, 3.05) is 26.7 Å². The third-order valence-corrected chi connectivity index (χ3v) is 4.34. The molecule has 3 heterocycles. The number of hydroxylamine groups is 1. The van der Waals surface area contributed by atoms with Crippen LogP contribution in [-0.4, -0.2) is 66.6 Å². The van der Waals surface area contributed by atoms with E-state index in [9.17, 15) is 9.59 Å². The molecule has 0 saturated carbocycles. The smallest absolute Gasteiger partial charge is 0.320 e. The van der Waals surface area contributed by atoms with Crippen molar-refractivity contribution in [3.8, 4) is 0 Å². The molecule has 3 saturated heterocycles. The number of carbonyl (C=O) groups excluding carboxylic acids is 2. The Morgan fingerprint density at radius 1 is 1.47 bits per heavy atom. The number of urea groups is 1. The van der Waals surface area contributed by atoms with Crippen molar-refractivity contribution in [1.29, 1.82) is 0 Å². The average Bonchev–Trinajstić information content (AvgIpc) is 2.58. The molecule has 3 rings (SSSR count). The molecule has 19 heavy (non-hydrogen) atoms. The molecular formula is C12H20N4O3. The van der Waals surface area contributed by atoms with Crippen LogP contribution in [0.3, 0.4) is 0 Å². The Bertz CT molecular complexity index is 385. The van der Waals surface area contributed by atoms with Crippen LogP contribution < -0.4 is 10.8 Å². The second kappa shape index (κ2) is 4.97. The predicted octanol–water partition coefficient (Wildman–Crippen LogP) is -0.705. The van der Waals surface area contributed by atoms with E-state index in [0.717, 1.165) is 19.4 Å². The minimum atomic E-state index is -0.386. The van der Waals surface area contributed by atoms with Gasteiger partial charge in [-0.1, -0.05) is 0 Å². The fraction of sp³-hybridized carbons (Fsp3) is 0.833. The topological polar surface area (TPSA) is 73.9 Å². The van der Waals surface area contributed by atoms with Crippen LogP contribution in [0.1, 0.15) is 19.3 Å². The molecule has 7 heteroatoms. The molecule has 0 aromatic carbocycles. The molecule has 0 radical (unpaired) electrons. The van der Waals surface area contributed by atoms with Gasteiger partial charge in [0.25, 0.3) is 5.91 Å². The molecule has 0 unspecified atom stereocenters. The van der Waals surface area contributed by atoms with Gasteiger partial charge in [0.05, 0.1) is 12.6 Å². The van der Waals surface area contributed by atoms with Crippen LogP contribution in [0.2, 0.25) is 0 Å². The molecule has 0 aliphatic carbocycles. The van der Waals surface area contributed by atoms with Crippen LogP contribution >= 0.6 is 0 Å². The highest BCUT2D eigenvalue weighted by molar-refractivity contribution is 5.88. The first-order chi connectivity index (χ1) is 9.16. The van der Waals surface area contributed by atoms with Gasteiger partial charge in [0.1, 0.15) is 6.04 Å². The lowest BCUT2D eigenvalue weighted by Gasteiger charge is -2.30. The zero-order valence-electron chi connectivity index (χ0n) is 11.1. The molecule has 3 aliphatic heterocycles. The summed E-state index contributed by atoms with van der Waals surface area (Å²) in [6, 6.07) is 0.165. The number of likely N-dealkylation sites (N-methyl/N-ethyl adjacent to an activating group) is 1. The van der Waals surface area contributed by atoms with Crippen LogP contribution in [0.5, 0.6) is 0 Å². The maximum Gasteiger partial charge on any atom is 0.320 e. The molecule has 3 atom stereocenters. The summed E-state index contributed by atoms with van der Waals surface area (Å²) < 4.78 is 0. The van der Waals surface area contributed by atoms with Gasteiger partial charge >= 0.3 is 6.03 Å². The second-order valence-corrected chi connectivity index (χ2v) is 5.51. The first kappa shape index (κ1) is 12.7. The van der Waals surface area contributed by atoms with Crippen LogP contribution in [-0.2, 0) is 9.63 Å². The van der Waals surface area contributed by atoms with E-state index in [4.69, 9.17) is 4.84 Å². The summed E-state index contributed by atoms with van der Waals surface area (Å²) in [6.45, 7) is 2.15. The number of amides is 3. The summed E-state index contributed by atoms with van der Waals surface area (Å²) in [7, 11) is 1.80. The number of hydrogen-bond donors (Lipinski definition) is 2. The molecule has 2 N–H and O–H groups in total. The van der Waals surface area contributed by atoms with Crippen molar-refractivity contribution in [2.45, 2.75) is 37.4 Å². The van der Waals surface area contributed by atoms with Gasteiger partial charge in [0.2, 0.25) is 0 Å². The Morgan fingerprint density at radius 2 is 2.26 bits per heavy atom. The number of carbonyl (C=O) groups is 2. The SMILES string of the molecule is CN1C(=O)N2C[C@H]1CC[C@H]2C(=O)NOC[C@H]1CCN1. The summed E-state index contributed by atoms with van der Waals surface area (Å²) in [4.78, 5) is 32.6. The maximum absolute atomic E-state index is 12.1. The van der Waals surface area contributed by atoms with E-state index < -0.39 is 0 Å². The summed E-state index contributed by atoms with van der Waals surface area (Å²) in [5, 5.41) is 3.19. The van der Waals surface area contributed by atoms with Crippen LogP contribution in [0.25, 0.3) is 0 Å². The average molecular weight is 268 g/mol. The first-order valence-corrected chi connectivity index (χ1v) is 6.85. The third-order valence-electron chi connectivity index (χ3n) is 4.34. The Morgan fingerprint density at radius 3 is 2.95 bits per heavy atom. The fourth-order valence-electron chi connectivity index (χ4n) is 2.88. The normalized spacial score (nSPS) is 33.3. The molecule has 3 aliphatic rings. The number of nitrogens with one attached hydrogen (secondary N) is 2. The fourth-order valence-corrected chi connectivity index (χ4v) is 2.88. The lowest BCUT2D eigenvalue weighted by Crippen LogP contribution is -2.51. The number of hydrogen-bond acceptors (Lipinski definition) is 4. The quantitative estimate of drug-likeness (QED) is 0.661. The van der Waals surface area contributed by atoms with Crippen molar-refractivity contribution >= 4 is 11.9 Å². The van der Waals surface area contributed by atoms with Crippen LogP contribution in [0, 0.1) is 0 Å². The standard InChI is InChI=1S/C12H20N4O3/c1-15-9-2-3-10(16(6-9)12(15)18)11(17)14-19-7-8-4-5-13-8/h8-10,13H,2-7H2,1H3,(H,14,17)/t8-,9-,10+/m1/s1. The summed E-state index contributed by atoms with van der Waals surface area (Å²) in [5.41, 5.74) is 2.48. The number of nitrogens with zero attached hydrogens (tertiary/aromatic N) is 2. The molecule has 3 amide bonds. The summed E-state index contributed by atoms with van der Waals surface area (Å²) >= 11 is 0. The zero-order chi connectivity index (χ0) is 13.4. The Kier molecular flexibility index (Phi) is 3.32. The molecular weight excluding hydrogens is 248 g/mol. The second-order valence-electron chi connectivity index (χ2n) is 5.51. The van der Waals surface area contributed by atoms with Crippen molar-refractivity contribution < 1.29 is 14.4 Å². The van der Waals surface area contributed by atoms with Crippen molar-refractivity contribution in [3.05, 3.63) is 0 Å². The number of piperidine rings is 1. The Balaban J connectivity index is 1.50. The van der Waals surface area contributed by atoms with Gasteiger partial charge in [-0.15, -0.1) is 0 Å². The summed E-state index contributed by atoms with van der Waals surface area (Å²) in [5.74, 6) is -0.207. The number of rotatable bonds is 4. The number of fused-ring (bicyclic) bond motifs is 2. The molecule has 0 aromatic heterocycles. The van der Waals surface area contributed by atoms with Crippen molar-refractivity contribution in [3.63, 3.8) is 0 Å². The minimum Gasteiger partial charge on any atom is -0.323 e. The van der Waals surface area contributed by atoms with E-state index in [0.29, 0.717) is 25.6 Å². The molecule has 3 fully saturated rings. The van der Waals surface area contributed by atoms with Crippen LogP contribution in [0.15, 0.2) is 0 Å². The lowest BCUT2D eigenvalue weighted by atomic mass is 10.0. The highest BCUT2D eigenvalue weighted by atomic mass is 16.7. The summed E-state index contributed by atoms with van der Waals surface area (Å²) in [6.07, 6.45) is 2.66. The van der Waals surface area contributed by atoms with Gasteiger partial charge in [-0.2, -0.15) is 0 Å². The first-order valence-electron chi connectivity index (χ1n) is 6.85. The minimum absolute atomic E-state index is 0.0525. The third kappa shape index (κ3) is 2.28. The van der Waals surface area contributed by atoms with E-state index in [2.05, 4.69) is 10.8 Å². The zero-order valence-corrected chi connectivity index (χ0v) is 11.1. The van der Waals surface area contributed by atoms with Gasteiger partial charge in [-0.25, -0.2) is 10.3 Å². The van der Waals surface area contributed by atoms with Gasteiger partial charge in [0, 0.05) is 19.6 Å². The van der Waals surface area contributed by atoms with E-state index >= 15 is 0 Å². The molecule has 106 valence electrons. The van der Waals surface area contributed by atoms with E-state index in [1.54, 1.807) is 16.8 Å². The lowest BCUT2D eigenvalue weighted by molar-refractivity contribution is -0.139. The van der Waals surface area contributed by atoms with Gasteiger partial charge < -0.3 is 15.1 Å². The highest BCUT2D eigenvalue weighted by Gasteiger charge is 2.45. The van der Waals surface area contributed by atoms with Gasteiger partial charge in [-0.3, -0.25) is 9.63 Å². The predicted molar refractivity (Wildman–Crippen MR) is 67.2 cm³/mol. The molecule has 0 aromatic rings.